The van der Waals surface area contributed by atoms with Crippen molar-refractivity contribution in [1.29, 1.82) is 0 Å². The smallest absolute Gasteiger partial charge is 0.225 e. The largest absolute Gasteiger partial charge is 0.338 e. The summed E-state index contributed by atoms with van der Waals surface area (Å²) in [6.45, 7) is 6.38. The lowest BCUT2D eigenvalue weighted by molar-refractivity contribution is -0.132. The molecule has 3 rings (SSSR count). The summed E-state index contributed by atoms with van der Waals surface area (Å²) >= 11 is 0. The monoisotopic (exact) mass is 287 g/mol. The molecule has 0 N–H and O–H groups in total. The molecule has 0 aromatic heterocycles. The molecule has 0 heterocycles. The molecule has 2 unspecified atom stereocenters. The molecule has 1 amide bonds. The first-order valence-corrected chi connectivity index (χ1v) is 8.76. The van der Waals surface area contributed by atoms with E-state index >= 15 is 0 Å². The number of hydrogen-bond donors (Lipinski definition) is 0. The number of carbonyl (C=O) groups excluding carboxylic acids is 1. The molecular formula is C19H29NO. The Bertz CT molecular complexity index is 442. The Labute approximate surface area is 129 Å². The van der Waals surface area contributed by atoms with E-state index < -0.39 is 0 Å². The lowest BCUT2D eigenvalue weighted by atomic mass is 9.82. The lowest BCUT2D eigenvalue weighted by Crippen LogP contribution is -2.34. The van der Waals surface area contributed by atoms with Crippen molar-refractivity contribution in [2.75, 3.05) is 13.1 Å². The summed E-state index contributed by atoms with van der Waals surface area (Å²) < 4.78 is 0. The zero-order valence-electron chi connectivity index (χ0n) is 13.6. The third-order valence-electron chi connectivity index (χ3n) is 5.22. The highest BCUT2D eigenvalue weighted by Crippen LogP contribution is 2.34. The normalized spacial score (nSPS) is 29.5. The van der Waals surface area contributed by atoms with Gasteiger partial charge in [-0.1, -0.05) is 30.7 Å². The summed E-state index contributed by atoms with van der Waals surface area (Å²) in [5, 5.41) is 0. The minimum Gasteiger partial charge on any atom is -0.338 e. The Morgan fingerprint density at radius 2 is 2.05 bits per heavy atom. The molecule has 2 saturated carbocycles. The van der Waals surface area contributed by atoms with Gasteiger partial charge in [0.15, 0.2) is 0 Å². The van der Waals surface area contributed by atoms with Gasteiger partial charge in [-0.15, -0.1) is 0 Å². The van der Waals surface area contributed by atoms with Gasteiger partial charge in [0.05, 0.1) is 0 Å². The highest BCUT2D eigenvalue weighted by molar-refractivity contribution is 5.81. The Kier molecular flexibility index (Phi) is 4.51. The van der Waals surface area contributed by atoms with Crippen molar-refractivity contribution < 1.29 is 4.79 Å². The number of rotatable bonds is 6. The summed E-state index contributed by atoms with van der Waals surface area (Å²) in [6.07, 6.45) is 14.4. The number of amides is 1. The maximum atomic E-state index is 12.3. The maximum Gasteiger partial charge on any atom is 0.225 e. The SMILES string of the molecule is CC1=CC(C)C(/C=C\CN(CC2CC2)C(=O)C2CC2)CC1. The standard InChI is InChI=1S/C19H29NO/c1-14-5-8-17(15(2)12-14)4-3-11-20(13-16-6-7-16)19(21)18-9-10-18/h3-4,12,15-18H,5-11,13H2,1-2H3/b4-3-. The summed E-state index contributed by atoms with van der Waals surface area (Å²) in [5.74, 6) is 2.87. The molecule has 3 aliphatic carbocycles. The third-order valence-corrected chi connectivity index (χ3v) is 5.22. The van der Waals surface area contributed by atoms with Crippen LogP contribution >= 0.6 is 0 Å². The van der Waals surface area contributed by atoms with E-state index in [1.807, 2.05) is 0 Å². The van der Waals surface area contributed by atoms with Crippen LogP contribution in [0, 0.1) is 23.7 Å². The summed E-state index contributed by atoms with van der Waals surface area (Å²) in [5.41, 5.74) is 1.53. The van der Waals surface area contributed by atoms with Gasteiger partial charge in [-0.25, -0.2) is 0 Å². The van der Waals surface area contributed by atoms with Crippen LogP contribution in [0.3, 0.4) is 0 Å². The summed E-state index contributed by atoms with van der Waals surface area (Å²) in [6, 6.07) is 0. The van der Waals surface area contributed by atoms with Crippen LogP contribution in [-0.2, 0) is 4.79 Å². The summed E-state index contributed by atoms with van der Waals surface area (Å²) in [4.78, 5) is 14.5. The summed E-state index contributed by atoms with van der Waals surface area (Å²) in [7, 11) is 0. The fourth-order valence-electron chi connectivity index (χ4n) is 3.40. The van der Waals surface area contributed by atoms with Crippen LogP contribution in [0.2, 0.25) is 0 Å². The fourth-order valence-corrected chi connectivity index (χ4v) is 3.40. The van der Waals surface area contributed by atoms with Gasteiger partial charge in [0, 0.05) is 19.0 Å². The minimum atomic E-state index is 0.358. The average Bonchev–Trinajstić information content (AvgIpc) is 3.33. The Morgan fingerprint density at radius 3 is 2.67 bits per heavy atom. The second-order valence-electron chi connectivity index (χ2n) is 7.46. The van der Waals surface area contributed by atoms with Crippen molar-refractivity contribution in [2.45, 2.75) is 52.4 Å². The number of carbonyl (C=O) groups is 1. The van der Waals surface area contributed by atoms with Crippen LogP contribution in [-0.4, -0.2) is 23.9 Å². The zero-order chi connectivity index (χ0) is 14.8. The first-order chi connectivity index (χ1) is 10.1. The van der Waals surface area contributed by atoms with Crippen LogP contribution in [0.4, 0.5) is 0 Å². The lowest BCUT2D eigenvalue weighted by Gasteiger charge is -2.25. The van der Waals surface area contributed by atoms with Gasteiger partial charge < -0.3 is 4.90 Å². The van der Waals surface area contributed by atoms with E-state index in [2.05, 4.69) is 37.0 Å². The van der Waals surface area contributed by atoms with Crippen LogP contribution in [0.15, 0.2) is 23.8 Å². The van der Waals surface area contributed by atoms with Gasteiger partial charge >= 0.3 is 0 Å². The quantitative estimate of drug-likeness (QED) is 0.671. The van der Waals surface area contributed by atoms with Crippen molar-refractivity contribution in [2.24, 2.45) is 23.7 Å². The molecule has 0 aliphatic heterocycles. The number of allylic oxidation sites excluding steroid dienone is 3. The zero-order valence-corrected chi connectivity index (χ0v) is 13.6. The van der Waals surface area contributed by atoms with E-state index in [0.717, 1.165) is 31.8 Å². The average molecular weight is 287 g/mol. The fraction of sp³-hybridized carbons (Fsp3) is 0.737. The molecule has 2 heteroatoms. The second-order valence-corrected chi connectivity index (χ2v) is 7.46. The molecule has 0 bridgehead atoms. The van der Waals surface area contributed by atoms with Gasteiger partial charge in [0.25, 0.3) is 0 Å². The second kappa shape index (κ2) is 6.37. The van der Waals surface area contributed by atoms with Crippen LogP contribution in [0.1, 0.15) is 52.4 Å². The Balaban J connectivity index is 1.53. The van der Waals surface area contributed by atoms with Crippen molar-refractivity contribution in [3.63, 3.8) is 0 Å². The Hall–Kier alpha value is -1.05. The van der Waals surface area contributed by atoms with E-state index in [-0.39, 0.29) is 0 Å². The minimum absolute atomic E-state index is 0.358. The van der Waals surface area contributed by atoms with E-state index in [0.29, 0.717) is 23.7 Å². The predicted molar refractivity (Wildman–Crippen MR) is 86.8 cm³/mol. The third kappa shape index (κ3) is 4.21. The molecule has 0 aromatic rings. The van der Waals surface area contributed by atoms with E-state index in [9.17, 15) is 4.79 Å². The van der Waals surface area contributed by atoms with Gasteiger partial charge in [0.1, 0.15) is 0 Å². The number of hydrogen-bond acceptors (Lipinski definition) is 1. The molecule has 2 fully saturated rings. The molecule has 3 aliphatic rings. The highest BCUT2D eigenvalue weighted by Gasteiger charge is 2.35. The van der Waals surface area contributed by atoms with Gasteiger partial charge in [-0.3, -0.25) is 4.79 Å². The van der Waals surface area contributed by atoms with Crippen molar-refractivity contribution >= 4 is 5.91 Å². The molecular weight excluding hydrogens is 258 g/mol. The van der Waals surface area contributed by atoms with E-state index in [1.54, 1.807) is 0 Å². The molecule has 0 radical (unpaired) electrons. The Morgan fingerprint density at radius 1 is 1.29 bits per heavy atom. The van der Waals surface area contributed by atoms with Gasteiger partial charge in [0.2, 0.25) is 5.91 Å². The molecule has 21 heavy (non-hydrogen) atoms. The molecule has 0 spiro atoms. The number of nitrogens with zero attached hydrogens (tertiary/aromatic N) is 1. The van der Waals surface area contributed by atoms with Gasteiger partial charge in [-0.05, 0) is 63.2 Å². The van der Waals surface area contributed by atoms with Crippen molar-refractivity contribution in [3.8, 4) is 0 Å². The van der Waals surface area contributed by atoms with Gasteiger partial charge in [-0.2, -0.15) is 0 Å². The van der Waals surface area contributed by atoms with Crippen molar-refractivity contribution in [1.82, 2.24) is 4.90 Å². The van der Waals surface area contributed by atoms with Crippen LogP contribution in [0.5, 0.6) is 0 Å². The predicted octanol–water partition coefficient (Wildman–Crippen LogP) is 4.18. The maximum absolute atomic E-state index is 12.3. The van der Waals surface area contributed by atoms with E-state index in [4.69, 9.17) is 0 Å². The van der Waals surface area contributed by atoms with Crippen LogP contribution < -0.4 is 0 Å². The first-order valence-electron chi connectivity index (χ1n) is 8.76. The molecule has 2 atom stereocenters. The van der Waals surface area contributed by atoms with Crippen LogP contribution in [0.25, 0.3) is 0 Å². The molecule has 116 valence electrons. The molecule has 2 nitrogen and oxygen atoms in total. The topological polar surface area (TPSA) is 20.3 Å². The molecule has 0 aromatic carbocycles. The van der Waals surface area contributed by atoms with Crippen molar-refractivity contribution in [3.05, 3.63) is 23.8 Å². The van der Waals surface area contributed by atoms with E-state index in [1.165, 1.54) is 31.3 Å². The highest BCUT2D eigenvalue weighted by atomic mass is 16.2. The first kappa shape index (κ1) is 14.9. The molecule has 0 saturated heterocycles.